The first-order valence-electron chi connectivity index (χ1n) is 9.57. The second-order valence-electron chi connectivity index (χ2n) is 9.18. The number of ether oxygens (including phenoxy) is 1. The third-order valence-electron chi connectivity index (χ3n) is 8.56. The molecule has 0 aliphatic heterocycles. The van der Waals surface area contributed by atoms with E-state index in [1.807, 2.05) is 7.11 Å². The van der Waals surface area contributed by atoms with Gasteiger partial charge in [0, 0.05) is 24.9 Å². The van der Waals surface area contributed by atoms with Crippen LogP contribution in [0.1, 0.15) is 71.6 Å². The molecule has 124 valence electrons. The number of rotatable bonds is 1. The number of hydrogen-bond donors (Lipinski definition) is 0. The van der Waals surface area contributed by atoms with E-state index in [1.54, 1.807) is 0 Å². The smallest absolute Gasteiger partial charge is 0.141 e. The van der Waals surface area contributed by atoms with Crippen LogP contribution in [0.15, 0.2) is 0 Å². The third-order valence-corrected chi connectivity index (χ3v) is 8.56. The van der Waals surface area contributed by atoms with Crippen LogP contribution in [0.4, 0.5) is 0 Å². The molecule has 22 heavy (non-hydrogen) atoms. The minimum Gasteiger partial charge on any atom is -0.381 e. The van der Waals surface area contributed by atoms with Gasteiger partial charge in [-0.15, -0.1) is 0 Å². The summed E-state index contributed by atoms with van der Waals surface area (Å²) in [6, 6.07) is 0. The van der Waals surface area contributed by atoms with Crippen molar-refractivity contribution in [2.45, 2.75) is 77.7 Å². The van der Waals surface area contributed by atoms with Gasteiger partial charge in [0.05, 0.1) is 6.10 Å². The molecule has 2 nitrogen and oxygen atoms in total. The van der Waals surface area contributed by atoms with E-state index < -0.39 is 0 Å². The predicted octanol–water partition coefficient (Wildman–Crippen LogP) is 4.61. The Kier molecular flexibility index (Phi) is 3.49. The quantitative estimate of drug-likeness (QED) is 0.707. The highest BCUT2D eigenvalue weighted by Crippen LogP contribution is 2.65. The van der Waals surface area contributed by atoms with E-state index in [2.05, 4.69) is 13.8 Å². The van der Waals surface area contributed by atoms with Crippen LogP contribution >= 0.6 is 0 Å². The van der Waals surface area contributed by atoms with E-state index in [4.69, 9.17) is 4.74 Å². The van der Waals surface area contributed by atoms with Crippen LogP contribution in [-0.2, 0) is 9.53 Å². The van der Waals surface area contributed by atoms with Gasteiger partial charge in [0.2, 0.25) is 0 Å². The number of carbonyl (C=O) groups is 1. The third kappa shape index (κ3) is 1.85. The van der Waals surface area contributed by atoms with Gasteiger partial charge in [0.1, 0.15) is 5.78 Å². The summed E-state index contributed by atoms with van der Waals surface area (Å²) >= 11 is 0. The Hall–Kier alpha value is -0.370. The van der Waals surface area contributed by atoms with Crippen LogP contribution in [0.2, 0.25) is 0 Å². The summed E-state index contributed by atoms with van der Waals surface area (Å²) in [5.74, 6) is 3.50. The predicted molar refractivity (Wildman–Crippen MR) is 87.5 cm³/mol. The molecule has 0 radical (unpaired) electrons. The second-order valence-corrected chi connectivity index (χ2v) is 9.18. The van der Waals surface area contributed by atoms with E-state index in [9.17, 15) is 4.79 Å². The van der Waals surface area contributed by atoms with Gasteiger partial charge in [-0.05, 0) is 61.7 Å². The normalized spacial score (nSPS) is 54.5. The fourth-order valence-corrected chi connectivity index (χ4v) is 7.33. The van der Waals surface area contributed by atoms with Crippen LogP contribution < -0.4 is 0 Å². The first-order valence-corrected chi connectivity index (χ1v) is 9.57. The zero-order valence-corrected chi connectivity index (χ0v) is 14.6. The number of Topliss-reactive ketones (excluding diaryl/α,β-unsaturated/α-hetero) is 1. The van der Waals surface area contributed by atoms with Crippen molar-refractivity contribution in [1.82, 2.24) is 0 Å². The maximum Gasteiger partial charge on any atom is 0.141 e. The molecule has 4 saturated carbocycles. The number of ketones is 1. The lowest BCUT2D eigenvalue weighted by Gasteiger charge is -2.60. The fourth-order valence-electron chi connectivity index (χ4n) is 7.33. The Morgan fingerprint density at radius 1 is 1.05 bits per heavy atom. The highest BCUT2D eigenvalue weighted by Gasteiger charge is 2.62. The van der Waals surface area contributed by atoms with Crippen molar-refractivity contribution in [3.8, 4) is 0 Å². The van der Waals surface area contributed by atoms with Gasteiger partial charge in [0.15, 0.2) is 0 Å². The van der Waals surface area contributed by atoms with Crippen molar-refractivity contribution < 1.29 is 9.53 Å². The molecular formula is C20H32O2. The molecule has 0 aromatic rings. The summed E-state index contributed by atoms with van der Waals surface area (Å²) in [5.41, 5.74) is 0.464. The molecule has 0 spiro atoms. The lowest BCUT2D eigenvalue weighted by molar-refractivity contribution is -0.144. The highest BCUT2D eigenvalue weighted by molar-refractivity contribution is 5.88. The molecule has 0 aromatic heterocycles. The van der Waals surface area contributed by atoms with Crippen molar-refractivity contribution in [2.75, 3.05) is 7.11 Å². The van der Waals surface area contributed by atoms with Crippen molar-refractivity contribution in [3.05, 3.63) is 0 Å². The monoisotopic (exact) mass is 304 g/mol. The highest BCUT2D eigenvalue weighted by atomic mass is 16.5. The summed E-state index contributed by atoms with van der Waals surface area (Å²) in [6.07, 6.45) is 11.7. The fraction of sp³-hybridized carbons (Fsp3) is 0.950. The molecule has 0 saturated heterocycles. The maximum atomic E-state index is 12.7. The molecule has 0 heterocycles. The van der Waals surface area contributed by atoms with E-state index in [1.165, 1.54) is 44.9 Å². The van der Waals surface area contributed by atoms with Gasteiger partial charge in [-0.25, -0.2) is 0 Å². The minimum atomic E-state index is -0.0836. The summed E-state index contributed by atoms with van der Waals surface area (Å²) in [5, 5.41) is 0. The van der Waals surface area contributed by atoms with E-state index in [0.29, 0.717) is 23.5 Å². The molecule has 0 bridgehead atoms. The average Bonchev–Trinajstić information content (AvgIpc) is 2.78. The lowest BCUT2D eigenvalue weighted by Crippen LogP contribution is -2.54. The molecule has 7 unspecified atom stereocenters. The topological polar surface area (TPSA) is 26.3 Å². The van der Waals surface area contributed by atoms with Crippen molar-refractivity contribution in [2.24, 2.45) is 34.5 Å². The van der Waals surface area contributed by atoms with E-state index in [0.717, 1.165) is 24.2 Å². The molecule has 4 fully saturated rings. The Labute approximate surface area is 135 Å². The molecule has 4 aliphatic carbocycles. The molecular weight excluding hydrogens is 272 g/mol. The van der Waals surface area contributed by atoms with Crippen molar-refractivity contribution in [1.29, 1.82) is 0 Å². The SMILES string of the molecule is COC1CC(=O)C2(C)CCC3C(CCC4CCCCC43C)C12. The van der Waals surface area contributed by atoms with Gasteiger partial charge < -0.3 is 4.74 Å². The summed E-state index contributed by atoms with van der Waals surface area (Å²) in [6.45, 7) is 4.85. The first kappa shape index (κ1) is 15.2. The lowest BCUT2D eigenvalue weighted by atomic mass is 9.45. The van der Waals surface area contributed by atoms with Gasteiger partial charge in [-0.2, -0.15) is 0 Å². The van der Waals surface area contributed by atoms with Gasteiger partial charge in [-0.1, -0.05) is 26.7 Å². The number of fused-ring (bicyclic) bond motifs is 5. The van der Waals surface area contributed by atoms with Crippen LogP contribution in [-0.4, -0.2) is 19.0 Å². The summed E-state index contributed by atoms with van der Waals surface area (Å²) in [4.78, 5) is 12.7. The number of carbonyl (C=O) groups excluding carboxylic acids is 1. The zero-order chi connectivity index (χ0) is 15.5. The molecule has 0 N–H and O–H groups in total. The van der Waals surface area contributed by atoms with Crippen LogP contribution in [0, 0.1) is 34.5 Å². The zero-order valence-electron chi connectivity index (χ0n) is 14.6. The van der Waals surface area contributed by atoms with Gasteiger partial charge in [0.25, 0.3) is 0 Å². The van der Waals surface area contributed by atoms with E-state index in [-0.39, 0.29) is 11.5 Å². The van der Waals surface area contributed by atoms with Gasteiger partial charge in [-0.3, -0.25) is 4.79 Å². The Morgan fingerprint density at radius 3 is 2.64 bits per heavy atom. The second kappa shape index (κ2) is 5.06. The van der Waals surface area contributed by atoms with Crippen molar-refractivity contribution >= 4 is 5.78 Å². The first-order chi connectivity index (χ1) is 10.5. The maximum absolute atomic E-state index is 12.7. The van der Waals surface area contributed by atoms with Crippen LogP contribution in [0.25, 0.3) is 0 Å². The Morgan fingerprint density at radius 2 is 1.86 bits per heavy atom. The standard InChI is InChI=1S/C20H32O2/c1-19-10-5-4-6-13(19)7-8-14-15(19)9-11-20(2)17(21)12-16(22-3)18(14)20/h13-16,18H,4-12H2,1-3H3. The molecule has 4 rings (SSSR count). The molecule has 0 aromatic carbocycles. The van der Waals surface area contributed by atoms with Crippen LogP contribution in [0.3, 0.4) is 0 Å². The Bertz CT molecular complexity index is 472. The summed E-state index contributed by atoms with van der Waals surface area (Å²) in [7, 11) is 1.82. The van der Waals surface area contributed by atoms with Gasteiger partial charge >= 0.3 is 0 Å². The molecule has 4 aliphatic rings. The Balaban J connectivity index is 1.69. The average molecular weight is 304 g/mol. The minimum absolute atomic E-state index is 0.0836. The van der Waals surface area contributed by atoms with Crippen molar-refractivity contribution in [3.63, 3.8) is 0 Å². The van der Waals surface area contributed by atoms with Crippen LogP contribution in [0.5, 0.6) is 0 Å². The largest absolute Gasteiger partial charge is 0.381 e. The number of hydrogen-bond acceptors (Lipinski definition) is 2. The molecule has 2 heteroatoms. The molecule has 7 atom stereocenters. The molecule has 0 amide bonds. The van der Waals surface area contributed by atoms with E-state index >= 15 is 0 Å². The summed E-state index contributed by atoms with van der Waals surface area (Å²) < 4.78 is 5.81. The number of methoxy groups -OCH3 is 1.